The van der Waals surface area contributed by atoms with Crippen LogP contribution in [0.5, 0.6) is 0 Å². The van der Waals surface area contributed by atoms with E-state index in [0.717, 1.165) is 28.8 Å². The molecular weight excluding hydrogens is 805 g/mol. The largest absolute Gasteiger partial charge is 0.395 e. The van der Waals surface area contributed by atoms with Gasteiger partial charge in [-0.3, -0.25) is 24.2 Å². The predicted octanol–water partition coefficient (Wildman–Crippen LogP) is 3.40. The Hall–Kier alpha value is -6.30. The van der Waals surface area contributed by atoms with Crippen molar-refractivity contribution in [2.45, 2.75) is 57.4 Å². The highest BCUT2D eigenvalue weighted by Crippen LogP contribution is 2.50. The Balaban J connectivity index is 0.922. The molecule has 2 aliphatic heterocycles. The summed E-state index contributed by atoms with van der Waals surface area (Å²) >= 11 is 0. The number of amides is 4. The van der Waals surface area contributed by atoms with Crippen molar-refractivity contribution in [3.63, 3.8) is 0 Å². The molecule has 0 atom stereocenters. The molecule has 0 unspecified atom stereocenters. The second kappa shape index (κ2) is 21.7. The fourth-order valence-corrected chi connectivity index (χ4v) is 7.56. The number of aliphatic imine (C=N–C) groups is 1. The monoisotopic (exact) mass is 862 g/mol. The lowest BCUT2D eigenvalue weighted by Gasteiger charge is -2.29. The van der Waals surface area contributed by atoms with Gasteiger partial charge in [-0.2, -0.15) is 0 Å². The third kappa shape index (κ3) is 12.0. The first kappa shape index (κ1) is 46.2. The minimum atomic E-state index is -0.741. The normalized spacial score (nSPS) is 14.8. The van der Waals surface area contributed by atoms with E-state index in [-0.39, 0.29) is 62.8 Å². The molecule has 2 aromatic heterocycles. The molecule has 17 heteroatoms. The SMILES string of the molecule is C=Cc1cc(C=C)nc(N(C)CC(=O)NCCOCCOCCC(=O)N2CCc3ncc(NC(=O)C4(c5ccc6c(c5)N=C(N)CC(C(=O)N(CCC)CCO)=C6)CC4)cc3C2)n1. The molecule has 3 aliphatic rings. The quantitative estimate of drug-likeness (QED) is 0.107. The summed E-state index contributed by atoms with van der Waals surface area (Å²) in [6, 6.07) is 9.32. The summed E-state index contributed by atoms with van der Waals surface area (Å²) in [6.07, 6.45) is 9.77. The van der Waals surface area contributed by atoms with Gasteiger partial charge in [-0.25, -0.2) is 15.0 Å². The second-order valence-corrected chi connectivity index (χ2v) is 15.8. The molecule has 3 aromatic rings. The summed E-state index contributed by atoms with van der Waals surface area (Å²) in [6.45, 7) is 12.6. The van der Waals surface area contributed by atoms with Crippen LogP contribution in [0.15, 0.2) is 60.3 Å². The van der Waals surface area contributed by atoms with Gasteiger partial charge in [-0.15, -0.1) is 0 Å². The maximum atomic E-state index is 13.9. The number of nitrogens with two attached hydrogens (primary N) is 1. The highest BCUT2D eigenvalue weighted by atomic mass is 16.5. The van der Waals surface area contributed by atoms with E-state index < -0.39 is 5.41 Å². The molecule has 0 bridgehead atoms. The summed E-state index contributed by atoms with van der Waals surface area (Å²) in [7, 11) is 1.73. The molecule has 0 saturated heterocycles. The minimum absolute atomic E-state index is 0.0377. The van der Waals surface area contributed by atoms with E-state index in [2.05, 4.69) is 43.7 Å². The van der Waals surface area contributed by atoms with Gasteiger partial charge in [-0.05, 0) is 66.8 Å². The average Bonchev–Trinajstić information content (AvgIpc) is 4.12. The molecule has 1 fully saturated rings. The lowest BCUT2D eigenvalue weighted by molar-refractivity contribution is -0.133. The smallest absolute Gasteiger partial charge is 0.250 e. The highest BCUT2D eigenvalue weighted by Gasteiger charge is 2.51. The maximum Gasteiger partial charge on any atom is 0.250 e. The van der Waals surface area contributed by atoms with Gasteiger partial charge in [0.15, 0.2) is 0 Å². The van der Waals surface area contributed by atoms with Crippen LogP contribution in [0.1, 0.15) is 72.8 Å². The van der Waals surface area contributed by atoms with Gasteiger partial charge in [0, 0.05) is 69.4 Å². The topological polar surface area (TPSA) is 218 Å². The number of anilines is 2. The minimum Gasteiger partial charge on any atom is -0.395 e. The number of aliphatic hydroxyl groups is 1. The van der Waals surface area contributed by atoms with Crippen LogP contribution in [0.4, 0.5) is 17.3 Å². The molecule has 5 N–H and O–H groups in total. The first-order chi connectivity index (χ1) is 30.5. The third-order valence-corrected chi connectivity index (χ3v) is 11.1. The Morgan fingerprint density at radius 2 is 1.76 bits per heavy atom. The van der Waals surface area contributed by atoms with Gasteiger partial charge >= 0.3 is 0 Å². The van der Waals surface area contributed by atoms with E-state index in [9.17, 15) is 24.3 Å². The first-order valence-electron chi connectivity index (χ1n) is 21.4. The van der Waals surface area contributed by atoms with Crippen LogP contribution >= 0.6 is 0 Å². The number of aromatic nitrogens is 3. The number of aliphatic hydroxyl groups excluding tert-OH is 1. The number of carbonyl (C=O) groups excluding carboxylic acids is 4. The van der Waals surface area contributed by atoms with Gasteiger partial charge in [0.2, 0.25) is 29.6 Å². The van der Waals surface area contributed by atoms with Crippen LogP contribution in [0, 0.1) is 0 Å². The summed E-state index contributed by atoms with van der Waals surface area (Å²) < 4.78 is 11.2. The molecule has 0 radical (unpaired) electrons. The number of nitrogens with zero attached hydrogens (tertiary/aromatic N) is 7. The molecule has 6 rings (SSSR count). The third-order valence-electron chi connectivity index (χ3n) is 11.1. The molecule has 0 spiro atoms. The zero-order valence-corrected chi connectivity index (χ0v) is 36.2. The number of fused-ring (bicyclic) bond motifs is 2. The molecule has 1 aliphatic carbocycles. The standard InChI is InChI=1S/C46H58N10O7/c1-5-15-55(17-18-57)43(60)32-23-31-8-9-34(26-39(31)53-40(47)25-32)46(12-13-46)44(61)50-37-24-33-29-56(16-10-38(33)49-28-37)42(59)11-19-62-21-22-63-20-14-48-41(58)30-54(4)45-51-35(6-2)27-36(7-3)52-45/h6-9,23-24,26-28,57H,2-3,5,10-22,25,29-30H2,1,4H3,(H2,47,53)(H,48,58)(H,50,61). The Morgan fingerprint density at radius 3 is 2.46 bits per heavy atom. The zero-order valence-electron chi connectivity index (χ0n) is 36.2. The molecule has 63 heavy (non-hydrogen) atoms. The number of hydrogen-bond acceptors (Lipinski definition) is 13. The van der Waals surface area contributed by atoms with Gasteiger partial charge in [0.1, 0.15) is 5.84 Å². The van der Waals surface area contributed by atoms with E-state index in [1.165, 1.54) is 0 Å². The molecular formula is C46H58N10O7. The van der Waals surface area contributed by atoms with Crippen molar-refractivity contribution in [2.75, 3.05) is 83.0 Å². The Bertz CT molecular complexity index is 2220. The average molecular weight is 863 g/mol. The summed E-state index contributed by atoms with van der Waals surface area (Å²) in [5, 5.41) is 15.4. The number of benzene rings is 1. The molecule has 4 heterocycles. The van der Waals surface area contributed by atoms with E-state index in [1.807, 2.05) is 31.2 Å². The van der Waals surface area contributed by atoms with Crippen molar-refractivity contribution < 1.29 is 33.8 Å². The first-order valence-corrected chi connectivity index (χ1v) is 21.4. The summed E-state index contributed by atoms with van der Waals surface area (Å²) in [5.41, 5.74) is 11.8. The van der Waals surface area contributed by atoms with Crippen molar-refractivity contribution in [1.82, 2.24) is 30.1 Å². The Labute approximate surface area is 368 Å². The maximum absolute atomic E-state index is 13.9. The number of amidine groups is 1. The van der Waals surface area contributed by atoms with Gasteiger partial charge in [-0.1, -0.05) is 32.2 Å². The Kier molecular flexibility index (Phi) is 15.9. The lowest BCUT2D eigenvalue weighted by Crippen LogP contribution is -2.37. The molecule has 1 aromatic carbocycles. The Morgan fingerprint density at radius 1 is 1.02 bits per heavy atom. The number of rotatable bonds is 22. The van der Waals surface area contributed by atoms with E-state index in [4.69, 9.17) is 15.2 Å². The van der Waals surface area contributed by atoms with Crippen molar-refractivity contribution in [3.05, 3.63) is 89.0 Å². The van der Waals surface area contributed by atoms with Gasteiger partial charge in [0.05, 0.1) is 80.4 Å². The van der Waals surface area contributed by atoms with Crippen LogP contribution < -0.4 is 21.3 Å². The fourth-order valence-electron chi connectivity index (χ4n) is 7.56. The van der Waals surface area contributed by atoms with Crippen molar-refractivity contribution in [2.24, 2.45) is 10.7 Å². The van der Waals surface area contributed by atoms with Crippen LogP contribution in [-0.4, -0.2) is 132 Å². The second-order valence-electron chi connectivity index (χ2n) is 15.8. The zero-order chi connectivity index (χ0) is 44.9. The number of carbonyl (C=O) groups is 4. The van der Waals surface area contributed by atoms with Crippen LogP contribution in [0.25, 0.3) is 18.2 Å². The van der Waals surface area contributed by atoms with E-state index in [1.54, 1.807) is 52.2 Å². The van der Waals surface area contributed by atoms with Crippen molar-refractivity contribution in [1.29, 1.82) is 0 Å². The number of ether oxygens (including phenoxy) is 2. The van der Waals surface area contributed by atoms with Crippen LogP contribution in [-0.2, 0) is 47.0 Å². The van der Waals surface area contributed by atoms with Crippen LogP contribution in [0.3, 0.4) is 0 Å². The van der Waals surface area contributed by atoms with Gasteiger partial charge < -0.3 is 45.6 Å². The van der Waals surface area contributed by atoms with Crippen LogP contribution in [0.2, 0.25) is 0 Å². The lowest BCUT2D eigenvalue weighted by atomic mass is 9.92. The highest BCUT2D eigenvalue weighted by molar-refractivity contribution is 6.06. The van der Waals surface area contributed by atoms with E-state index in [0.29, 0.717) is 105 Å². The number of pyridine rings is 1. The molecule has 17 nitrogen and oxygen atoms in total. The number of likely N-dealkylation sites (N-methyl/N-ethyl adjacent to an activating group) is 1. The van der Waals surface area contributed by atoms with Gasteiger partial charge in [0.25, 0.3) is 0 Å². The number of nitrogens with one attached hydrogen (secondary N) is 2. The molecule has 334 valence electrons. The molecule has 4 amide bonds. The summed E-state index contributed by atoms with van der Waals surface area (Å²) in [4.78, 5) is 75.8. The van der Waals surface area contributed by atoms with Crippen molar-refractivity contribution >= 4 is 65.0 Å². The predicted molar refractivity (Wildman–Crippen MR) is 242 cm³/mol. The summed E-state index contributed by atoms with van der Waals surface area (Å²) in [5.74, 6) is 0.126. The number of hydrogen-bond donors (Lipinski definition) is 4. The van der Waals surface area contributed by atoms with Crippen molar-refractivity contribution in [3.8, 4) is 0 Å². The molecule has 1 saturated carbocycles. The fraction of sp³-hybridized carbons (Fsp3) is 0.435. The van der Waals surface area contributed by atoms with E-state index >= 15 is 0 Å².